The third-order valence-corrected chi connectivity index (χ3v) is 4.75. The van der Waals surface area contributed by atoms with Gasteiger partial charge >= 0.3 is 0 Å². The molecule has 1 heterocycles. The first-order valence-corrected chi connectivity index (χ1v) is 8.46. The Hall–Kier alpha value is -2.70. The van der Waals surface area contributed by atoms with E-state index in [0.717, 1.165) is 36.1 Å². The summed E-state index contributed by atoms with van der Waals surface area (Å²) in [6, 6.07) is 6.58. The van der Waals surface area contributed by atoms with Crippen molar-refractivity contribution in [3.8, 4) is 0 Å². The van der Waals surface area contributed by atoms with Crippen LogP contribution in [0.25, 0.3) is 0 Å². The molecule has 7 heteroatoms. The van der Waals surface area contributed by atoms with Crippen LogP contribution in [0.1, 0.15) is 35.6 Å². The van der Waals surface area contributed by atoms with E-state index in [1.807, 2.05) is 19.3 Å². The maximum Gasteiger partial charge on any atom is 0.269 e. The number of carbonyl (C=O) groups excluding carboxylic acids is 1. The summed E-state index contributed by atoms with van der Waals surface area (Å²) in [5, 5.41) is 15.3. The molecular formula is C18H22N4O3. The van der Waals surface area contributed by atoms with Gasteiger partial charge in [0.15, 0.2) is 0 Å². The standard InChI is InChI=1S/C18H22N4O3/c1-20(10-9-13-5-3-6-14(11-13)22(24)25)18(23)15-7-4-8-17-16(15)12-21(2)19-17/h3,5-6,11-12,15H,4,7-10H2,1-2H3. The molecule has 1 atom stereocenters. The second-order valence-electron chi connectivity index (χ2n) is 6.59. The zero-order valence-corrected chi connectivity index (χ0v) is 14.5. The predicted molar refractivity (Wildman–Crippen MR) is 93.3 cm³/mol. The number of rotatable bonds is 5. The van der Waals surface area contributed by atoms with Crippen molar-refractivity contribution < 1.29 is 9.72 Å². The van der Waals surface area contributed by atoms with Gasteiger partial charge in [-0.3, -0.25) is 19.6 Å². The quantitative estimate of drug-likeness (QED) is 0.617. The van der Waals surface area contributed by atoms with Crippen LogP contribution in [0.5, 0.6) is 0 Å². The number of hydrogen-bond acceptors (Lipinski definition) is 4. The number of benzene rings is 1. The van der Waals surface area contributed by atoms with E-state index in [1.165, 1.54) is 6.07 Å². The van der Waals surface area contributed by atoms with Crippen LogP contribution in [0, 0.1) is 10.1 Å². The summed E-state index contributed by atoms with van der Waals surface area (Å²) in [6.07, 6.45) is 5.29. The Morgan fingerprint density at radius 1 is 1.48 bits per heavy atom. The van der Waals surface area contributed by atoms with Gasteiger partial charge in [0, 0.05) is 44.5 Å². The zero-order valence-electron chi connectivity index (χ0n) is 14.5. The molecule has 1 amide bonds. The molecule has 0 spiro atoms. The summed E-state index contributed by atoms with van der Waals surface area (Å²) in [4.78, 5) is 25.0. The summed E-state index contributed by atoms with van der Waals surface area (Å²) in [5.74, 6) is -0.0352. The van der Waals surface area contributed by atoms with Gasteiger partial charge < -0.3 is 4.90 Å². The maximum atomic E-state index is 12.8. The normalized spacial score (nSPS) is 16.3. The van der Waals surface area contributed by atoms with Gasteiger partial charge in [-0.25, -0.2) is 0 Å². The Bertz CT molecular complexity index is 799. The van der Waals surface area contributed by atoms with Crippen LogP contribution in [0.15, 0.2) is 30.5 Å². The van der Waals surface area contributed by atoms with E-state index in [4.69, 9.17) is 0 Å². The minimum atomic E-state index is -0.398. The largest absolute Gasteiger partial charge is 0.345 e. The molecule has 0 aliphatic heterocycles. The topological polar surface area (TPSA) is 81.3 Å². The monoisotopic (exact) mass is 342 g/mol. The van der Waals surface area contributed by atoms with Crippen molar-refractivity contribution in [1.82, 2.24) is 14.7 Å². The number of likely N-dealkylation sites (N-methyl/N-ethyl adjacent to an activating group) is 1. The SMILES string of the molecule is CN(CCc1cccc([N+](=O)[O-])c1)C(=O)C1CCCc2nn(C)cc21. The van der Waals surface area contributed by atoms with Crippen LogP contribution in [-0.2, 0) is 24.7 Å². The lowest BCUT2D eigenvalue weighted by Crippen LogP contribution is -2.34. The first-order chi connectivity index (χ1) is 12.0. The summed E-state index contributed by atoms with van der Waals surface area (Å²) in [7, 11) is 3.68. The molecule has 0 fully saturated rings. The molecule has 25 heavy (non-hydrogen) atoms. The fourth-order valence-corrected chi connectivity index (χ4v) is 3.42. The van der Waals surface area contributed by atoms with E-state index in [1.54, 1.807) is 28.8 Å². The van der Waals surface area contributed by atoms with Crippen molar-refractivity contribution in [3.05, 3.63) is 57.4 Å². The van der Waals surface area contributed by atoms with Crippen molar-refractivity contribution in [2.75, 3.05) is 13.6 Å². The molecule has 1 aliphatic rings. The van der Waals surface area contributed by atoms with E-state index >= 15 is 0 Å². The molecule has 0 N–H and O–H groups in total. The predicted octanol–water partition coefficient (Wildman–Crippen LogP) is 2.45. The number of nitrogens with zero attached hydrogens (tertiary/aromatic N) is 4. The van der Waals surface area contributed by atoms with Crippen LogP contribution < -0.4 is 0 Å². The van der Waals surface area contributed by atoms with E-state index in [-0.39, 0.29) is 17.5 Å². The lowest BCUT2D eigenvalue weighted by atomic mass is 9.86. The molecular weight excluding hydrogens is 320 g/mol. The summed E-state index contributed by atoms with van der Waals surface area (Å²) in [5.41, 5.74) is 3.01. The Morgan fingerprint density at radius 3 is 3.04 bits per heavy atom. The van der Waals surface area contributed by atoms with E-state index < -0.39 is 4.92 Å². The molecule has 3 rings (SSSR count). The second kappa shape index (κ2) is 7.04. The average molecular weight is 342 g/mol. The maximum absolute atomic E-state index is 12.8. The molecule has 0 bridgehead atoms. The van der Waals surface area contributed by atoms with Gasteiger partial charge in [-0.15, -0.1) is 0 Å². The van der Waals surface area contributed by atoms with E-state index in [2.05, 4.69) is 5.10 Å². The highest BCUT2D eigenvalue weighted by Crippen LogP contribution is 2.32. The van der Waals surface area contributed by atoms with E-state index in [0.29, 0.717) is 13.0 Å². The second-order valence-corrected chi connectivity index (χ2v) is 6.59. The Labute approximate surface area is 146 Å². The number of aromatic nitrogens is 2. The third-order valence-electron chi connectivity index (χ3n) is 4.75. The van der Waals surface area contributed by atoms with Crippen molar-refractivity contribution >= 4 is 11.6 Å². The molecule has 7 nitrogen and oxygen atoms in total. The lowest BCUT2D eigenvalue weighted by Gasteiger charge is -2.26. The first-order valence-electron chi connectivity index (χ1n) is 8.46. The summed E-state index contributed by atoms with van der Waals surface area (Å²) < 4.78 is 1.78. The van der Waals surface area contributed by atoms with Crippen LogP contribution in [0.3, 0.4) is 0 Å². The lowest BCUT2D eigenvalue weighted by molar-refractivity contribution is -0.384. The van der Waals surface area contributed by atoms with Gasteiger partial charge in [0.25, 0.3) is 5.69 Å². The van der Waals surface area contributed by atoms with Gasteiger partial charge in [0.05, 0.1) is 16.5 Å². The fraction of sp³-hybridized carbons (Fsp3) is 0.444. The molecule has 0 saturated carbocycles. The van der Waals surface area contributed by atoms with Crippen molar-refractivity contribution in [3.63, 3.8) is 0 Å². The number of aryl methyl sites for hydroxylation is 2. The van der Waals surface area contributed by atoms with Gasteiger partial charge in [0.2, 0.25) is 5.91 Å². The molecule has 1 aromatic carbocycles. The highest BCUT2D eigenvalue weighted by Gasteiger charge is 2.30. The van der Waals surface area contributed by atoms with Crippen LogP contribution in [0.2, 0.25) is 0 Å². The highest BCUT2D eigenvalue weighted by molar-refractivity contribution is 5.84. The van der Waals surface area contributed by atoms with Crippen LogP contribution >= 0.6 is 0 Å². The van der Waals surface area contributed by atoms with Gasteiger partial charge in [-0.1, -0.05) is 12.1 Å². The van der Waals surface area contributed by atoms with Gasteiger partial charge in [0.1, 0.15) is 0 Å². The fourth-order valence-electron chi connectivity index (χ4n) is 3.42. The summed E-state index contributed by atoms with van der Waals surface area (Å²) >= 11 is 0. The molecule has 2 aromatic rings. The van der Waals surface area contributed by atoms with Gasteiger partial charge in [-0.2, -0.15) is 5.10 Å². The molecule has 1 aliphatic carbocycles. The first kappa shape index (κ1) is 17.1. The number of carbonyl (C=O) groups is 1. The number of amides is 1. The van der Waals surface area contributed by atoms with Gasteiger partial charge in [-0.05, 0) is 31.2 Å². The number of nitro groups is 1. The van der Waals surface area contributed by atoms with Crippen LogP contribution in [0.4, 0.5) is 5.69 Å². The number of nitro benzene ring substituents is 1. The molecule has 0 saturated heterocycles. The minimum absolute atomic E-state index is 0.0822. The summed E-state index contributed by atoms with van der Waals surface area (Å²) in [6.45, 7) is 0.534. The molecule has 0 radical (unpaired) electrons. The Kier molecular flexibility index (Phi) is 4.83. The minimum Gasteiger partial charge on any atom is -0.345 e. The highest BCUT2D eigenvalue weighted by atomic mass is 16.6. The van der Waals surface area contributed by atoms with Crippen LogP contribution in [-0.4, -0.2) is 39.1 Å². The van der Waals surface area contributed by atoms with E-state index in [9.17, 15) is 14.9 Å². The molecule has 132 valence electrons. The number of non-ortho nitro benzene ring substituents is 1. The third kappa shape index (κ3) is 3.70. The van der Waals surface area contributed by atoms with Crippen molar-refractivity contribution in [2.24, 2.45) is 7.05 Å². The Balaban J connectivity index is 1.66. The average Bonchev–Trinajstić information content (AvgIpc) is 2.99. The van der Waals surface area contributed by atoms with Crippen molar-refractivity contribution in [1.29, 1.82) is 0 Å². The Morgan fingerprint density at radius 2 is 2.28 bits per heavy atom. The smallest absolute Gasteiger partial charge is 0.269 e. The van der Waals surface area contributed by atoms with Crippen molar-refractivity contribution in [2.45, 2.75) is 31.6 Å². The zero-order chi connectivity index (χ0) is 18.0. The molecule has 1 aromatic heterocycles. The number of hydrogen-bond donors (Lipinski definition) is 0. The molecule has 1 unspecified atom stereocenters. The number of fused-ring (bicyclic) bond motifs is 1.